The molecular formula is C14H16N2O3. The molecule has 1 N–H and O–H groups in total. The van der Waals surface area contributed by atoms with Gasteiger partial charge in [-0.1, -0.05) is 17.7 Å². The van der Waals surface area contributed by atoms with Gasteiger partial charge in [0.2, 0.25) is 5.88 Å². The zero-order chi connectivity index (χ0) is 14.2. The summed E-state index contributed by atoms with van der Waals surface area (Å²) in [5, 5.41) is 13.3. The molecular weight excluding hydrogens is 244 g/mol. The molecule has 0 aliphatic heterocycles. The van der Waals surface area contributed by atoms with Gasteiger partial charge < -0.3 is 9.84 Å². The van der Waals surface area contributed by atoms with Gasteiger partial charge >= 0.3 is 5.97 Å². The summed E-state index contributed by atoms with van der Waals surface area (Å²) in [7, 11) is 1.66. The third-order valence-corrected chi connectivity index (χ3v) is 2.92. The summed E-state index contributed by atoms with van der Waals surface area (Å²) in [5.41, 5.74) is 2.62. The highest BCUT2D eigenvalue weighted by Crippen LogP contribution is 2.29. The van der Waals surface area contributed by atoms with Crippen molar-refractivity contribution in [2.24, 2.45) is 7.05 Å². The number of aromatic carboxylic acids is 1. The first-order valence-corrected chi connectivity index (χ1v) is 5.92. The Morgan fingerprint density at radius 3 is 2.58 bits per heavy atom. The minimum Gasteiger partial charge on any atom is -0.477 e. The van der Waals surface area contributed by atoms with Gasteiger partial charge in [-0.2, -0.15) is 5.10 Å². The molecule has 1 aromatic heterocycles. The van der Waals surface area contributed by atoms with Crippen molar-refractivity contribution in [3.63, 3.8) is 0 Å². The molecule has 2 rings (SSSR count). The van der Waals surface area contributed by atoms with Crippen LogP contribution < -0.4 is 4.74 Å². The van der Waals surface area contributed by atoms with Crippen LogP contribution in [0.25, 0.3) is 0 Å². The highest BCUT2D eigenvalue weighted by atomic mass is 16.5. The van der Waals surface area contributed by atoms with Gasteiger partial charge in [-0.15, -0.1) is 0 Å². The first-order chi connectivity index (χ1) is 8.90. The van der Waals surface area contributed by atoms with E-state index in [2.05, 4.69) is 5.10 Å². The second kappa shape index (κ2) is 4.76. The lowest BCUT2D eigenvalue weighted by atomic mass is 10.1. The zero-order valence-electron chi connectivity index (χ0n) is 11.4. The van der Waals surface area contributed by atoms with Crippen molar-refractivity contribution < 1.29 is 14.6 Å². The highest BCUT2D eigenvalue weighted by molar-refractivity contribution is 5.91. The number of carboxylic acid groups (broad SMARTS) is 1. The van der Waals surface area contributed by atoms with E-state index in [4.69, 9.17) is 4.74 Å². The molecule has 0 aliphatic carbocycles. The summed E-state index contributed by atoms with van der Waals surface area (Å²) in [6.07, 6.45) is 0. The van der Waals surface area contributed by atoms with E-state index in [1.165, 1.54) is 4.68 Å². The van der Waals surface area contributed by atoms with Crippen molar-refractivity contribution in [3.8, 4) is 11.6 Å². The number of rotatable bonds is 3. The third kappa shape index (κ3) is 2.45. The summed E-state index contributed by atoms with van der Waals surface area (Å²) in [6.45, 7) is 5.57. The molecule has 0 saturated carbocycles. The van der Waals surface area contributed by atoms with E-state index in [1.807, 2.05) is 32.0 Å². The van der Waals surface area contributed by atoms with Gasteiger partial charge in [-0.05, 0) is 32.4 Å². The van der Waals surface area contributed by atoms with Crippen LogP contribution in [0.3, 0.4) is 0 Å². The SMILES string of the molecule is Cc1ccc(Oc2c(C(=O)O)c(C)nn2C)c(C)c1. The number of nitrogens with zero attached hydrogens (tertiary/aromatic N) is 2. The summed E-state index contributed by atoms with van der Waals surface area (Å²) < 4.78 is 7.17. The van der Waals surface area contributed by atoms with Gasteiger partial charge in [-0.3, -0.25) is 0 Å². The molecule has 1 aromatic carbocycles. The van der Waals surface area contributed by atoms with Gasteiger partial charge in [0.05, 0.1) is 5.69 Å². The van der Waals surface area contributed by atoms with Gasteiger partial charge in [0.15, 0.2) is 0 Å². The van der Waals surface area contributed by atoms with E-state index in [0.717, 1.165) is 11.1 Å². The number of aryl methyl sites for hydroxylation is 4. The number of hydrogen-bond acceptors (Lipinski definition) is 3. The minimum absolute atomic E-state index is 0.0995. The Bertz CT molecular complexity index is 644. The lowest BCUT2D eigenvalue weighted by Gasteiger charge is -2.10. The first-order valence-electron chi connectivity index (χ1n) is 5.92. The third-order valence-electron chi connectivity index (χ3n) is 2.92. The van der Waals surface area contributed by atoms with Crippen LogP contribution in [0.2, 0.25) is 0 Å². The zero-order valence-corrected chi connectivity index (χ0v) is 11.4. The molecule has 0 radical (unpaired) electrons. The molecule has 19 heavy (non-hydrogen) atoms. The number of carbonyl (C=O) groups is 1. The van der Waals surface area contributed by atoms with Crippen molar-refractivity contribution in [2.45, 2.75) is 20.8 Å². The molecule has 1 heterocycles. The molecule has 100 valence electrons. The van der Waals surface area contributed by atoms with Gasteiger partial charge in [-0.25, -0.2) is 9.48 Å². The number of ether oxygens (including phenoxy) is 1. The van der Waals surface area contributed by atoms with E-state index in [0.29, 0.717) is 11.4 Å². The standard InChI is InChI=1S/C14H16N2O3/c1-8-5-6-11(9(2)7-8)19-13-12(14(17)18)10(3)15-16(13)4/h5-7H,1-4H3,(H,17,18). The van der Waals surface area contributed by atoms with Crippen LogP contribution in [0.5, 0.6) is 11.6 Å². The molecule has 2 aromatic rings. The van der Waals surface area contributed by atoms with Gasteiger partial charge in [0.25, 0.3) is 0 Å². The molecule has 0 bridgehead atoms. The molecule has 5 heteroatoms. The molecule has 0 unspecified atom stereocenters. The Balaban J connectivity index is 2.46. The van der Waals surface area contributed by atoms with Gasteiger partial charge in [0, 0.05) is 7.05 Å². The summed E-state index contributed by atoms with van der Waals surface area (Å²) >= 11 is 0. The van der Waals surface area contributed by atoms with Crippen LogP contribution >= 0.6 is 0 Å². The average Bonchev–Trinajstić information content (AvgIpc) is 2.57. The van der Waals surface area contributed by atoms with E-state index in [1.54, 1.807) is 14.0 Å². The van der Waals surface area contributed by atoms with E-state index in [9.17, 15) is 9.90 Å². The van der Waals surface area contributed by atoms with Crippen molar-refractivity contribution >= 4 is 5.97 Å². The number of carboxylic acids is 1. The Morgan fingerprint density at radius 2 is 2.00 bits per heavy atom. The van der Waals surface area contributed by atoms with Crippen LogP contribution in [-0.4, -0.2) is 20.9 Å². The van der Waals surface area contributed by atoms with Crippen LogP contribution in [0.4, 0.5) is 0 Å². The van der Waals surface area contributed by atoms with E-state index in [-0.39, 0.29) is 11.4 Å². The average molecular weight is 260 g/mol. The molecule has 0 saturated heterocycles. The Labute approximate surface area is 111 Å². The van der Waals surface area contributed by atoms with Crippen LogP contribution in [0.15, 0.2) is 18.2 Å². The predicted molar refractivity (Wildman–Crippen MR) is 70.9 cm³/mol. The van der Waals surface area contributed by atoms with Gasteiger partial charge in [0.1, 0.15) is 11.3 Å². The first kappa shape index (κ1) is 13.1. The number of aromatic nitrogens is 2. The topological polar surface area (TPSA) is 64.3 Å². The smallest absolute Gasteiger partial charge is 0.343 e. The van der Waals surface area contributed by atoms with Crippen molar-refractivity contribution in [1.29, 1.82) is 0 Å². The fourth-order valence-corrected chi connectivity index (χ4v) is 2.02. The second-order valence-corrected chi connectivity index (χ2v) is 4.57. The fraction of sp³-hybridized carbons (Fsp3) is 0.286. The molecule has 0 spiro atoms. The summed E-state index contributed by atoms with van der Waals surface area (Å²) in [5.74, 6) is -0.154. The number of hydrogen-bond donors (Lipinski definition) is 1. The minimum atomic E-state index is -1.04. The van der Waals surface area contributed by atoms with Crippen molar-refractivity contribution in [3.05, 3.63) is 40.6 Å². The predicted octanol–water partition coefficient (Wildman–Crippen LogP) is 2.84. The van der Waals surface area contributed by atoms with Crippen LogP contribution in [0.1, 0.15) is 27.2 Å². The van der Waals surface area contributed by atoms with Crippen molar-refractivity contribution in [1.82, 2.24) is 9.78 Å². The summed E-state index contributed by atoms with van der Waals surface area (Å²) in [6, 6.07) is 5.74. The number of benzene rings is 1. The molecule has 0 amide bonds. The van der Waals surface area contributed by atoms with Crippen LogP contribution in [-0.2, 0) is 7.05 Å². The lowest BCUT2D eigenvalue weighted by molar-refractivity contribution is 0.0693. The maximum Gasteiger partial charge on any atom is 0.343 e. The largest absolute Gasteiger partial charge is 0.477 e. The maximum atomic E-state index is 11.3. The molecule has 5 nitrogen and oxygen atoms in total. The van der Waals surface area contributed by atoms with Crippen LogP contribution in [0, 0.1) is 20.8 Å². The monoisotopic (exact) mass is 260 g/mol. The maximum absolute atomic E-state index is 11.3. The summed E-state index contributed by atoms with van der Waals surface area (Å²) in [4.78, 5) is 11.3. The fourth-order valence-electron chi connectivity index (χ4n) is 2.02. The second-order valence-electron chi connectivity index (χ2n) is 4.57. The van der Waals surface area contributed by atoms with E-state index < -0.39 is 5.97 Å². The highest BCUT2D eigenvalue weighted by Gasteiger charge is 2.22. The quantitative estimate of drug-likeness (QED) is 0.921. The van der Waals surface area contributed by atoms with E-state index >= 15 is 0 Å². The normalized spacial score (nSPS) is 10.5. The molecule has 0 fully saturated rings. The Hall–Kier alpha value is -2.30. The Morgan fingerprint density at radius 1 is 1.32 bits per heavy atom. The van der Waals surface area contributed by atoms with Crippen molar-refractivity contribution in [2.75, 3.05) is 0 Å². The molecule has 0 atom stereocenters. The molecule has 0 aliphatic rings. The lowest BCUT2D eigenvalue weighted by Crippen LogP contribution is -2.02. The Kier molecular flexibility index (Phi) is 3.29.